The zero-order valence-corrected chi connectivity index (χ0v) is 13.1. The first-order valence-electron chi connectivity index (χ1n) is 7.55. The second kappa shape index (κ2) is 6.88. The molecule has 0 N–H and O–H groups in total. The summed E-state index contributed by atoms with van der Waals surface area (Å²) in [5.74, 6) is -0.555. The van der Waals surface area contributed by atoms with Crippen LogP contribution < -0.4 is 0 Å². The van der Waals surface area contributed by atoms with E-state index in [1.54, 1.807) is 42.5 Å². The highest BCUT2D eigenvalue weighted by atomic mass is 16.6. The molecule has 0 aliphatic carbocycles. The lowest BCUT2D eigenvalue weighted by atomic mass is 9.97. The summed E-state index contributed by atoms with van der Waals surface area (Å²) in [6, 6.07) is 20.7. The van der Waals surface area contributed by atoms with Gasteiger partial charge in [0.2, 0.25) is 0 Å². The van der Waals surface area contributed by atoms with Gasteiger partial charge >= 0.3 is 0 Å². The second-order valence-electron chi connectivity index (χ2n) is 5.41. The Balaban J connectivity index is 1.94. The van der Waals surface area contributed by atoms with Crippen LogP contribution in [-0.4, -0.2) is 16.5 Å². The summed E-state index contributed by atoms with van der Waals surface area (Å²) < 4.78 is 0. The van der Waals surface area contributed by atoms with Crippen molar-refractivity contribution in [2.45, 2.75) is 0 Å². The molecule has 3 aromatic rings. The quantitative estimate of drug-likeness (QED) is 0.401. The van der Waals surface area contributed by atoms with Crippen LogP contribution in [0.2, 0.25) is 0 Å². The summed E-state index contributed by atoms with van der Waals surface area (Å²) in [5.41, 5.74) is 1.29. The van der Waals surface area contributed by atoms with Gasteiger partial charge in [-0.3, -0.25) is 19.7 Å². The molecule has 0 spiro atoms. The first-order chi connectivity index (χ1) is 12.1. The maximum absolute atomic E-state index is 12.6. The third kappa shape index (κ3) is 3.50. The molecule has 0 aliphatic heterocycles. The Morgan fingerprint density at radius 2 is 1.12 bits per heavy atom. The summed E-state index contributed by atoms with van der Waals surface area (Å²) in [4.78, 5) is 35.4. The Morgan fingerprint density at radius 1 is 0.640 bits per heavy atom. The van der Waals surface area contributed by atoms with Gasteiger partial charge in [0, 0.05) is 34.4 Å². The fourth-order valence-corrected chi connectivity index (χ4v) is 2.49. The highest BCUT2D eigenvalue weighted by Gasteiger charge is 2.15. The molecule has 3 aromatic carbocycles. The average molecular weight is 331 g/mol. The van der Waals surface area contributed by atoms with Gasteiger partial charge in [-0.05, 0) is 6.07 Å². The van der Waals surface area contributed by atoms with Crippen LogP contribution in [0.1, 0.15) is 31.8 Å². The molecule has 0 amide bonds. The van der Waals surface area contributed by atoms with Gasteiger partial charge in [-0.15, -0.1) is 0 Å². The van der Waals surface area contributed by atoms with Crippen LogP contribution >= 0.6 is 0 Å². The van der Waals surface area contributed by atoms with Crippen LogP contribution in [0.3, 0.4) is 0 Å². The SMILES string of the molecule is O=C(c1ccccc1)c1cccc(C(=O)c2cccc([N+](=O)[O-])c2)c1. The van der Waals surface area contributed by atoms with Crippen molar-refractivity contribution in [3.8, 4) is 0 Å². The minimum Gasteiger partial charge on any atom is -0.289 e. The minimum absolute atomic E-state index is 0.151. The maximum atomic E-state index is 12.6. The van der Waals surface area contributed by atoms with Crippen LogP contribution in [-0.2, 0) is 0 Å². The van der Waals surface area contributed by atoms with Gasteiger partial charge in [0.1, 0.15) is 0 Å². The summed E-state index contributed by atoms with van der Waals surface area (Å²) in [6.07, 6.45) is 0. The molecule has 0 heterocycles. The lowest BCUT2D eigenvalue weighted by Crippen LogP contribution is -2.06. The van der Waals surface area contributed by atoms with Gasteiger partial charge in [0.25, 0.3) is 5.69 Å². The number of hydrogen-bond donors (Lipinski definition) is 0. The largest absolute Gasteiger partial charge is 0.289 e. The van der Waals surface area contributed by atoms with Gasteiger partial charge in [0.05, 0.1) is 4.92 Å². The second-order valence-corrected chi connectivity index (χ2v) is 5.41. The van der Waals surface area contributed by atoms with Gasteiger partial charge in [0.15, 0.2) is 11.6 Å². The van der Waals surface area contributed by atoms with Crippen LogP contribution in [0.5, 0.6) is 0 Å². The molecular weight excluding hydrogens is 318 g/mol. The van der Waals surface area contributed by atoms with Crippen molar-refractivity contribution >= 4 is 17.3 Å². The van der Waals surface area contributed by atoms with E-state index < -0.39 is 4.92 Å². The van der Waals surface area contributed by atoms with Crippen molar-refractivity contribution < 1.29 is 14.5 Å². The van der Waals surface area contributed by atoms with E-state index in [9.17, 15) is 19.7 Å². The highest BCUT2D eigenvalue weighted by molar-refractivity contribution is 6.13. The number of non-ortho nitro benzene ring substituents is 1. The molecule has 0 unspecified atom stereocenters. The molecule has 122 valence electrons. The maximum Gasteiger partial charge on any atom is 0.270 e. The number of carbonyl (C=O) groups excluding carboxylic acids is 2. The molecule has 3 rings (SSSR count). The number of nitrogens with zero attached hydrogens (tertiary/aromatic N) is 1. The number of nitro benzene ring substituents is 1. The molecule has 0 atom stereocenters. The number of benzene rings is 3. The standard InChI is InChI=1S/C20H13NO4/c22-19(14-6-2-1-3-7-14)15-8-4-9-16(12-15)20(23)17-10-5-11-18(13-17)21(24)25/h1-13H. The Hall–Kier alpha value is -3.60. The van der Waals surface area contributed by atoms with Gasteiger partial charge in [-0.1, -0.05) is 60.7 Å². The first-order valence-corrected chi connectivity index (χ1v) is 7.55. The topological polar surface area (TPSA) is 77.3 Å². The van der Waals surface area contributed by atoms with Crippen molar-refractivity contribution in [1.82, 2.24) is 0 Å². The Kier molecular flexibility index (Phi) is 4.48. The van der Waals surface area contributed by atoms with Gasteiger partial charge in [-0.25, -0.2) is 0 Å². The number of nitro groups is 1. The lowest BCUT2D eigenvalue weighted by Gasteiger charge is -2.05. The molecule has 0 aromatic heterocycles. The molecule has 25 heavy (non-hydrogen) atoms. The van der Waals surface area contributed by atoms with E-state index in [4.69, 9.17) is 0 Å². The van der Waals surface area contributed by atoms with E-state index in [0.29, 0.717) is 16.7 Å². The molecular formula is C20H13NO4. The van der Waals surface area contributed by atoms with Crippen LogP contribution in [0.4, 0.5) is 5.69 Å². The molecule has 5 heteroatoms. The van der Waals surface area contributed by atoms with Crippen molar-refractivity contribution in [3.63, 3.8) is 0 Å². The van der Waals surface area contributed by atoms with E-state index in [-0.39, 0.29) is 22.8 Å². The van der Waals surface area contributed by atoms with E-state index in [1.807, 2.05) is 6.07 Å². The number of carbonyl (C=O) groups is 2. The molecule has 0 aliphatic rings. The summed E-state index contributed by atoms with van der Waals surface area (Å²) >= 11 is 0. The Morgan fingerprint density at radius 3 is 1.72 bits per heavy atom. The highest BCUT2D eigenvalue weighted by Crippen LogP contribution is 2.18. The van der Waals surface area contributed by atoms with E-state index in [0.717, 1.165) is 0 Å². The van der Waals surface area contributed by atoms with Crippen LogP contribution in [0.15, 0.2) is 78.9 Å². The summed E-state index contributed by atoms with van der Waals surface area (Å²) in [6.45, 7) is 0. The van der Waals surface area contributed by atoms with Crippen LogP contribution in [0.25, 0.3) is 0 Å². The predicted octanol–water partition coefficient (Wildman–Crippen LogP) is 4.06. The summed E-state index contributed by atoms with van der Waals surface area (Å²) in [5, 5.41) is 10.9. The molecule has 0 fully saturated rings. The number of hydrogen-bond acceptors (Lipinski definition) is 4. The van der Waals surface area contributed by atoms with E-state index in [1.165, 1.54) is 30.3 Å². The molecule has 0 bridgehead atoms. The van der Waals surface area contributed by atoms with Gasteiger partial charge < -0.3 is 0 Å². The monoisotopic (exact) mass is 331 g/mol. The normalized spacial score (nSPS) is 10.2. The van der Waals surface area contributed by atoms with Gasteiger partial charge in [-0.2, -0.15) is 0 Å². The number of rotatable bonds is 5. The predicted molar refractivity (Wildman–Crippen MR) is 92.8 cm³/mol. The van der Waals surface area contributed by atoms with Crippen molar-refractivity contribution in [3.05, 3.63) is 111 Å². The van der Waals surface area contributed by atoms with Crippen molar-refractivity contribution in [2.24, 2.45) is 0 Å². The fraction of sp³-hybridized carbons (Fsp3) is 0. The van der Waals surface area contributed by atoms with Crippen molar-refractivity contribution in [1.29, 1.82) is 0 Å². The Labute approximate surface area is 143 Å². The summed E-state index contributed by atoms with van der Waals surface area (Å²) in [7, 11) is 0. The average Bonchev–Trinajstić information content (AvgIpc) is 2.67. The van der Waals surface area contributed by atoms with Crippen molar-refractivity contribution in [2.75, 3.05) is 0 Å². The third-order valence-corrected chi connectivity index (χ3v) is 3.74. The molecule has 0 saturated carbocycles. The minimum atomic E-state index is -0.549. The zero-order chi connectivity index (χ0) is 17.8. The molecule has 0 radical (unpaired) electrons. The van der Waals surface area contributed by atoms with Crippen LogP contribution in [0, 0.1) is 10.1 Å². The van der Waals surface area contributed by atoms with E-state index in [2.05, 4.69) is 0 Å². The molecule has 5 nitrogen and oxygen atoms in total. The molecule has 0 saturated heterocycles. The smallest absolute Gasteiger partial charge is 0.270 e. The van der Waals surface area contributed by atoms with E-state index >= 15 is 0 Å². The first kappa shape index (κ1) is 16.3. The third-order valence-electron chi connectivity index (χ3n) is 3.74. The Bertz CT molecular complexity index is 964. The zero-order valence-electron chi connectivity index (χ0n) is 13.1. The lowest BCUT2D eigenvalue weighted by molar-refractivity contribution is -0.384. The fourth-order valence-electron chi connectivity index (χ4n) is 2.49. The number of ketones is 2.